The Morgan fingerprint density at radius 3 is 2.14 bits per heavy atom. The van der Waals surface area contributed by atoms with E-state index in [9.17, 15) is 13.2 Å². The van der Waals surface area contributed by atoms with Gasteiger partial charge in [-0.1, -0.05) is 45.9 Å². The van der Waals surface area contributed by atoms with Gasteiger partial charge in [-0.15, -0.1) is 0 Å². The molecule has 1 N–H and O–H groups in total. The Labute approximate surface area is 173 Å². The first-order valence-corrected chi connectivity index (χ1v) is 11.3. The highest BCUT2D eigenvalue weighted by atomic mass is 32.2. The number of hydrogen-bond donors (Lipinski definition) is 1. The zero-order valence-electron chi connectivity index (χ0n) is 17.7. The average molecular weight is 419 g/mol. The third-order valence-electron chi connectivity index (χ3n) is 4.68. The van der Waals surface area contributed by atoms with Gasteiger partial charge < -0.3 is 10.1 Å². The van der Waals surface area contributed by atoms with Gasteiger partial charge in [0, 0.05) is 18.8 Å². The SMILES string of the molecule is CCN(CC)S(=O)(=O)c1ccc(NC(=O)C(C)Oc2ccccc2C(C)C)cc1. The van der Waals surface area contributed by atoms with Crippen molar-refractivity contribution in [3.8, 4) is 5.75 Å². The van der Waals surface area contributed by atoms with Crippen LogP contribution in [-0.4, -0.2) is 37.8 Å². The van der Waals surface area contributed by atoms with Crippen LogP contribution >= 0.6 is 0 Å². The molecule has 0 saturated carbocycles. The lowest BCUT2D eigenvalue weighted by atomic mass is 10.0. The molecule has 2 aromatic rings. The molecule has 1 amide bonds. The van der Waals surface area contributed by atoms with Gasteiger partial charge in [-0.2, -0.15) is 4.31 Å². The highest BCUT2D eigenvalue weighted by Crippen LogP contribution is 2.27. The van der Waals surface area contributed by atoms with Crippen molar-refractivity contribution in [3.05, 3.63) is 54.1 Å². The maximum Gasteiger partial charge on any atom is 0.265 e. The molecule has 1 atom stereocenters. The molecule has 0 spiro atoms. The van der Waals surface area contributed by atoms with Crippen molar-refractivity contribution < 1.29 is 17.9 Å². The quantitative estimate of drug-likeness (QED) is 0.661. The van der Waals surface area contributed by atoms with Crippen molar-refractivity contribution in [2.24, 2.45) is 0 Å². The topological polar surface area (TPSA) is 75.7 Å². The highest BCUT2D eigenvalue weighted by Gasteiger charge is 2.22. The highest BCUT2D eigenvalue weighted by molar-refractivity contribution is 7.89. The molecule has 0 aliphatic rings. The number of carbonyl (C=O) groups is 1. The normalized spacial score (nSPS) is 12.8. The molecular weight excluding hydrogens is 388 g/mol. The van der Waals surface area contributed by atoms with E-state index in [0.29, 0.717) is 24.5 Å². The Kier molecular flexibility index (Phi) is 7.81. The molecule has 1 unspecified atom stereocenters. The summed E-state index contributed by atoms with van der Waals surface area (Å²) in [6.07, 6.45) is -0.700. The van der Waals surface area contributed by atoms with Crippen LogP contribution in [0.5, 0.6) is 5.75 Å². The van der Waals surface area contributed by atoms with E-state index in [1.165, 1.54) is 16.4 Å². The molecule has 0 aliphatic heterocycles. The van der Waals surface area contributed by atoms with Crippen LogP contribution in [0.2, 0.25) is 0 Å². The smallest absolute Gasteiger partial charge is 0.265 e. The van der Waals surface area contributed by atoms with Crippen molar-refractivity contribution in [2.45, 2.75) is 51.5 Å². The van der Waals surface area contributed by atoms with E-state index in [4.69, 9.17) is 4.74 Å². The molecule has 0 heterocycles. The Balaban J connectivity index is 2.08. The minimum Gasteiger partial charge on any atom is -0.481 e. The molecule has 0 aliphatic carbocycles. The molecule has 0 fully saturated rings. The van der Waals surface area contributed by atoms with Crippen LogP contribution in [0.1, 0.15) is 46.1 Å². The number of nitrogens with zero attached hydrogens (tertiary/aromatic N) is 1. The first-order chi connectivity index (χ1) is 13.7. The summed E-state index contributed by atoms with van der Waals surface area (Å²) >= 11 is 0. The molecular formula is C22H30N2O4S. The Hall–Kier alpha value is -2.38. The lowest BCUT2D eigenvalue weighted by Crippen LogP contribution is -2.31. The Morgan fingerprint density at radius 2 is 1.59 bits per heavy atom. The van der Waals surface area contributed by atoms with Crippen molar-refractivity contribution in [1.29, 1.82) is 0 Å². The minimum atomic E-state index is -3.52. The summed E-state index contributed by atoms with van der Waals surface area (Å²) < 4.78 is 32.3. The number of rotatable bonds is 9. The monoisotopic (exact) mass is 418 g/mol. The van der Waals surface area contributed by atoms with Crippen molar-refractivity contribution in [3.63, 3.8) is 0 Å². The number of ether oxygens (including phenoxy) is 1. The lowest BCUT2D eigenvalue weighted by molar-refractivity contribution is -0.122. The maximum absolute atomic E-state index is 12.5. The number of hydrogen-bond acceptors (Lipinski definition) is 4. The number of sulfonamides is 1. The average Bonchev–Trinajstić information content (AvgIpc) is 2.69. The van der Waals surface area contributed by atoms with Gasteiger partial charge in [0.25, 0.3) is 5.91 Å². The molecule has 6 nitrogen and oxygen atoms in total. The summed E-state index contributed by atoms with van der Waals surface area (Å²) in [5, 5.41) is 2.77. The van der Waals surface area contributed by atoms with Crippen LogP contribution in [-0.2, 0) is 14.8 Å². The largest absolute Gasteiger partial charge is 0.481 e. The van der Waals surface area contributed by atoms with Crippen molar-refractivity contribution >= 4 is 21.6 Å². The van der Waals surface area contributed by atoms with Crippen LogP contribution in [0, 0.1) is 0 Å². The zero-order chi connectivity index (χ0) is 21.6. The van der Waals surface area contributed by atoms with E-state index < -0.39 is 16.1 Å². The summed E-state index contributed by atoms with van der Waals surface area (Å²) in [6, 6.07) is 13.8. The molecule has 2 rings (SSSR count). The van der Waals surface area contributed by atoms with Crippen LogP contribution in [0.25, 0.3) is 0 Å². The number of carbonyl (C=O) groups excluding carboxylic acids is 1. The van der Waals surface area contributed by atoms with Gasteiger partial charge in [-0.05, 0) is 48.7 Å². The predicted octanol–water partition coefficient (Wildman–Crippen LogP) is 4.25. The molecule has 0 aromatic heterocycles. The van der Waals surface area contributed by atoms with E-state index in [2.05, 4.69) is 19.2 Å². The van der Waals surface area contributed by atoms with Crippen LogP contribution < -0.4 is 10.1 Å². The fourth-order valence-electron chi connectivity index (χ4n) is 2.98. The number of amides is 1. The fraction of sp³-hybridized carbons (Fsp3) is 0.409. The standard InChI is InChI=1S/C22H30N2O4S/c1-6-24(7-2)29(26,27)19-14-12-18(13-15-19)23-22(25)17(5)28-21-11-9-8-10-20(21)16(3)4/h8-17H,6-7H2,1-5H3,(H,23,25). The number of para-hydroxylation sites is 1. The Morgan fingerprint density at radius 1 is 1.00 bits per heavy atom. The van der Waals surface area contributed by atoms with Crippen LogP contribution in [0.15, 0.2) is 53.4 Å². The van der Waals surface area contributed by atoms with Crippen LogP contribution in [0.4, 0.5) is 5.69 Å². The Bertz CT molecular complexity index is 920. The number of benzene rings is 2. The van der Waals surface area contributed by atoms with Gasteiger partial charge in [0.1, 0.15) is 5.75 Å². The summed E-state index contributed by atoms with van der Waals surface area (Å²) in [4.78, 5) is 12.7. The summed E-state index contributed by atoms with van der Waals surface area (Å²) in [5.41, 5.74) is 1.55. The molecule has 0 radical (unpaired) electrons. The second-order valence-electron chi connectivity index (χ2n) is 7.06. The van der Waals surface area contributed by atoms with Gasteiger partial charge >= 0.3 is 0 Å². The number of nitrogens with one attached hydrogen (secondary N) is 1. The molecule has 0 bridgehead atoms. The van der Waals surface area contributed by atoms with Crippen LogP contribution in [0.3, 0.4) is 0 Å². The first kappa shape index (κ1) is 22.9. The minimum absolute atomic E-state index is 0.203. The van der Waals surface area contributed by atoms with Crippen molar-refractivity contribution in [2.75, 3.05) is 18.4 Å². The predicted molar refractivity (Wildman–Crippen MR) is 116 cm³/mol. The summed E-state index contributed by atoms with van der Waals surface area (Å²) in [6.45, 7) is 10.2. The lowest BCUT2D eigenvalue weighted by Gasteiger charge is -2.19. The molecule has 158 valence electrons. The van der Waals surface area contributed by atoms with E-state index >= 15 is 0 Å². The van der Waals surface area contributed by atoms with E-state index in [1.807, 2.05) is 24.3 Å². The van der Waals surface area contributed by atoms with Gasteiger partial charge in [0.05, 0.1) is 4.90 Å². The van der Waals surface area contributed by atoms with E-state index in [0.717, 1.165) is 5.56 Å². The maximum atomic E-state index is 12.5. The van der Waals surface area contributed by atoms with Gasteiger partial charge in [-0.3, -0.25) is 4.79 Å². The second kappa shape index (κ2) is 9.89. The molecule has 29 heavy (non-hydrogen) atoms. The summed E-state index contributed by atoms with van der Waals surface area (Å²) in [5.74, 6) is 0.662. The third-order valence-corrected chi connectivity index (χ3v) is 6.74. The molecule has 0 saturated heterocycles. The zero-order valence-corrected chi connectivity index (χ0v) is 18.5. The first-order valence-electron chi connectivity index (χ1n) is 9.87. The fourth-order valence-corrected chi connectivity index (χ4v) is 4.43. The van der Waals surface area contributed by atoms with E-state index in [-0.39, 0.29) is 16.7 Å². The van der Waals surface area contributed by atoms with Gasteiger partial charge in [-0.25, -0.2) is 8.42 Å². The van der Waals surface area contributed by atoms with Crippen molar-refractivity contribution in [1.82, 2.24) is 4.31 Å². The second-order valence-corrected chi connectivity index (χ2v) is 8.99. The third kappa shape index (κ3) is 5.58. The summed E-state index contributed by atoms with van der Waals surface area (Å²) in [7, 11) is -3.52. The van der Waals surface area contributed by atoms with Gasteiger partial charge in [0.15, 0.2) is 6.10 Å². The van der Waals surface area contributed by atoms with E-state index in [1.54, 1.807) is 32.9 Å². The molecule has 7 heteroatoms. The molecule has 2 aromatic carbocycles. The van der Waals surface area contributed by atoms with Gasteiger partial charge in [0.2, 0.25) is 10.0 Å². The number of anilines is 1.